The van der Waals surface area contributed by atoms with Gasteiger partial charge in [0.1, 0.15) is 0 Å². The molecule has 0 heterocycles. The molecule has 0 aliphatic heterocycles. The summed E-state index contributed by atoms with van der Waals surface area (Å²) in [5.74, 6) is -0.0644. The van der Waals surface area contributed by atoms with Crippen LogP contribution in [0.3, 0.4) is 0 Å². The lowest BCUT2D eigenvalue weighted by Gasteiger charge is -2.18. The average Bonchev–Trinajstić information content (AvgIpc) is 2.88. The molecule has 2 bridgehead atoms. The number of benzene rings is 9. The van der Waals surface area contributed by atoms with Crippen molar-refractivity contribution in [1.29, 1.82) is 0 Å². The fraction of sp³-hybridized carbons (Fsp3) is 0. The summed E-state index contributed by atoms with van der Waals surface area (Å²) < 4.78 is 0. The van der Waals surface area contributed by atoms with Gasteiger partial charge in [-0.2, -0.15) is 0 Å². The molecule has 0 radical (unpaired) electrons. The highest BCUT2D eigenvalue weighted by Crippen LogP contribution is 2.51. The molecule has 34 heavy (non-hydrogen) atoms. The Labute approximate surface area is 194 Å². The van der Waals surface area contributed by atoms with Gasteiger partial charge < -0.3 is 10.2 Å². The van der Waals surface area contributed by atoms with Gasteiger partial charge in [0.05, 0.1) is 0 Å². The van der Waals surface area contributed by atoms with Crippen molar-refractivity contribution in [2.45, 2.75) is 0 Å². The van der Waals surface area contributed by atoms with Gasteiger partial charge in [0, 0.05) is 10.8 Å². The predicted molar refractivity (Wildman–Crippen MR) is 143 cm³/mol. The van der Waals surface area contributed by atoms with Gasteiger partial charge in [-0.05, 0) is 71.1 Å². The van der Waals surface area contributed by atoms with E-state index in [1.54, 1.807) is 0 Å². The Morgan fingerprint density at radius 3 is 1.68 bits per heavy atom. The molecule has 0 atom stereocenters. The van der Waals surface area contributed by atoms with E-state index in [0.29, 0.717) is 10.8 Å². The van der Waals surface area contributed by atoms with E-state index in [4.69, 9.17) is 0 Å². The molecule has 0 saturated heterocycles. The Morgan fingerprint density at radius 2 is 0.941 bits per heavy atom. The molecular weight excluding hydrogens is 416 g/mol. The summed E-state index contributed by atoms with van der Waals surface area (Å²) in [4.78, 5) is 0. The molecule has 0 aliphatic carbocycles. The zero-order chi connectivity index (χ0) is 22.6. The van der Waals surface area contributed by atoms with E-state index in [1.807, 2.05) is 24.3 Å². The van der Waals surface area contributed by atoms with Crippen LogP contribution in [0.1, 0.15) is 0 Å². The van der Waals surface area contributed by atoms with E-state index in [9.17, 15) is 10.2 Å². The second-order valence-electron chi connectivity index (χ2n) is 9.22. The predicted octanol–water partition coefficient (Wildman–Crippen LogP) is 8.56. The summed E-state index contributed by atoms with van der Waals surface area (Å²) in [6.45, 7) is 0. The molecule has 158 valence electrons. The van der Waals surface area contributed by atoms with Gasteiger partial charge in [0.15, 0.2) is 11.5 Å². The van der Waals surface area contributed by atoms with Crippen molar-refractivity contribution in [3.05, 3.63) is 97.1 Å². The average molecular weight is 434 g/mol. The quantitative estimate of drug-likeness (QED) is 0.154. The van der Waals surface area contributed by atoms with Crippen LogP contribution in [0.4, 0.5) is 0 Å². The van der Waals surface area contributed by atoms with Gasteiger partial charge in [0.2, 0.25) is 0 Å². The van der Waals surface area contributed by atoms with E-state index in [2.05, 4.69) is 72.8 Å². The van der Waals surface area contributed by atoms with Crippen molar-refractivity contribution >= 4 is 64.6 Å². The van der Waals surface area contributed by atoms with Crippen molar-refractivity contribution in [3.63, 3.8) is 0 Å². The van der Waals surface area contributed by atoms with E-state index in [0.717, 1.165) is 27.1 Å². The summed E-state index contributed by atoms with van der Waals surface area (Å²) in [5.41, 5.74) is 2.27. The molecule has 2 nitrogen and oxygen atoms in total. The third-order valence-corrected chi connectivity index (χ3v) is 7.56. The second-order valence-corrected chi connectivity index (χ2v) is 9.22. The van der Waals surface area contributed by atoms with Crippen LogP contribution in [0.2, 0.25) is 0 Å². The van der Waals surface area contributed by atoms with Crippen molar-refractivity contribution in [2.75, 3.05) is 0 Å². The van der Waals surface area contributed by atoms with Crippen LogP contribution in [-0.4, -0.2) is 10.2 Å². The fourth-order valence-electron chi connectivity index (χ4n) is 6.08. The van der Waals surface area contributed by atoms with Crippen molar-refractivity contribution in [3.8, 4) is 22.6 Å². The minimum atomic E-state index is -0.0336. The molecule has 9 aromatic rings. The third kappa shape index (κ3) is 2.06. The van der Waals surface area contributed by atoms with Crippen molar-refractivity contribution in [2.24, 2.45) is 0 Å². The zero-order valence-electron chi connectivity index (χ0n) is 18.1. The fourth-order valence-corrected chi connectivity index (χ4v) is 6.08. The molecule has 0 aliphatic rings. The largest absolute Gasteiger partial charge is 0.504 e. The minimum Gasteiger partial charge on any atom is -0.504 e. The first-order chi connectivity index (χ1) is 16.7. The van der Waals surface area contributed by atoms with Gasteiger partial charge in [-0.25, -0.2) is 0 Å². The second kappa shape index (κ2) is 6.06. The van der Waals surface area contributed by atoms with E-state index in [-0.39, 0.29) is 11.5 Å². The minimum absolute atomic E-state index is 0.0309. The molecule has 9 aromatic carbocycles. The molecule has 0 amide bonds. The first-order valence-corrected chi connectivity index (χ1v) is 11.5. The van der Waals surface area contributed by atoms with Gasteiger partial charge in [-0.15, -0.1) is 0 Å². The number of hydrogen-bond donors (Lipinski definition) is 2. The molecular formula is C32H18O2. The summed E-state index contributed by atoms with van der Waals surface area (Å²) in [5, 5.41) is 34.4. The van der Waals surface area contributed by atoms with E-state index >= 15 is 0 Å². The lowest BCUT2D eigenvalue weighted by atomic mass is 9.86. The molecule has 0 aromatic heterocycles. The van der Waals surface area contributed by atoms with Crippen LogP contribution in [0.5, 0.6) is 11.5 Å². The first kappa shape index (κ1) is 17.9. The van der Waals surface area contributed by atoms with Crippen molar-refractivity contribution < 1.29 is 10.2 Å². The third-order valence-electron chi connectivity index (χ3n) is 7.56. The number of aromatic hydroxyl groups is 2. The Balaban J connectivity index is 1.50. The Hall–Kier alpha value is -4.56. The highest BCUT2D eigenvalue weighted by atomic mass is 16.3. The summed E-state index contributed by atoms with van der Waals surface area (Å²) >= 11 is 0. The normalized spacial score (nSPS) is 12.4. The lowest BCUT2D eigenvalue weighted by molar-refractivity contribution is 0.412. The maximum atomic E-state index is 10.9. The first-order valence-electron chi connectivity index (χ1n) is 11.5. The number of hydrogen-bond acceptors (Lipinski definition) is 2. The van der Waals surface area contributed by atoms with Crippen LogP contribution >= 0.6 is 0 Å². The molecule has 9 rings (SSSR count). The smallest absolute Gasteiger partial charge is 0.166 e. The van der Waals surface area contributed by atoms with Gasteiger partial charge in [-0.1, -0.05) is 91.0 Å². The van der Waals surface area contributed by atoms with Gasteiger partial charge >= 0.3 is 0 Å². The van der Waals surface area contributed by atoms with Crippen LogP contribution in [0, 0.1) is 0 Å². The summed E-state index contributed by atoms with van der Waals surface area (Å²) in [6.07, 6.45) is 0. The summed E-state index contributed by atoms with van der Waals surface area (Å²) in [6, 6.07) is 34.0. The Bertz CT molecular complexity index is 2070. The maximum absolute atomic E-state index is 10.9. The SMILES string of the molecule is Oc1c(O)c2c3ccccc3c1c1ccc(-c3ccc4ccc5cccc6ccc3c4c56)cc12. The highest BCUT2D eigenvalue weighted by molar-refractivity contribution is 6.32. The van der Waals surface area contributed by atoms with E-state index in [1.165, 1.54) is 37.9 Å². The highest BCUT2D eigenvalue weighted by Gasteiger charge is 2.21. The molecule has 2 heteroatoms. The molecule has 0 saturated carbocycles. The monoisotopic (exact) mass is 434 g/mol. The zero-order valence-corrected chi connectivity index (χ0v) is 18.1. The molecule has 2 N–H and O–H groups in total. The topological polar surface area (TPSA) is 40.5 Å². The van der Waals surface area contributed by atoms with E-state index < -0.39 is 0 Å². The lowest BCUT2D eigenvalue weighted by Crippen LogP contribution is -1.90. The number of fused-ring (bicyclic) bond motifs is 1. The van der Waals surface area contributed by atoms with Crippen molar-refractivity contribution in [1.82, 2.24) is 0 Å². The molecule has 0 unspecified atom stereocenters. The number of phenols is 4. The van der Waals surface area contributed by atoms with Crippen LogP contribution in [0.15, 0.2) is 97.1 Å². The Morgan fingerprint density at radius 1 is 0.382 bits per heavy atom. The van der Waals surface area contributed by atoms with Crippen LogP contribution in [-0.2, 0) is 0 Å². The van der Waals surface area contributed by atoms with Gasteiger partial charge in [-0.3, -0.25) is 0 Å². The van der Waals surface area contributed by atoms with Crippen LogP contribution < -0.4 is 0 Å². The molecule has 0 spiro atoms. The number of rotatable bonds is 1. The number of phenolic OH excluding ortho intramolecular Hbond substituents is 2. The Kier molecular flexibility index (Phi) is 3.20. The molecule has 0 fully saturated rings. The van der Waals surface area contributed by atoms with Crippen LogP contribution in [0.25, 0.3) is 75.8 Å². The summed E-state index contributed by atoms with van der Waals surface area (Å²) in [7, 11) is 0. The standard InChI is InChI=1S/C32H18O2/c33-31-29-22-6-1-2-7-23(22)30(32(31)34)26-16-20(12-15-25(26)29)21-13-10-19-9-8-17-4-3-5-18-11-14-24(21)28(19)27(17)18/h1-16,33-34H. The maximum Gasteiger partial charge on any atom is 0.166 e. The van der Waals surface area contributed by atoms with Gasteiger partial charge in [0.25, 0.3) is 0 Å².